The Morgan fingerprint density at radius 3 is 2.48 bits per heavy atom. The van der Waals surface area contributed by atoms with Crippen molar-refractivity contribution in [2.75, 3.05) is 5.73 Å². The number of nitrogens with zero attached hydrogens (tertiary/aromatic N) is 2. The summed E-state index contributed by atoms with van der Waals surface area (Å²) >= 11 is 1.11. The summed E-state index contributed by atoms with van der Waals surface area (Å²) in [6, 6.07) is 11.9. The molecule has 4 aromatic rings. The van der Waals surface area contributed by atoms with E-state index in [0.29, 0.717) is 26.3 Å². The number of carbonyl (C=O) groups is 1. The molecule has 0 atom stereocenters. The third-order valence-electron chi connectivity index (χ3n) is 3.52. The molecule has 150 valence electrons. The third-order valence-corrected chi connectivity index (χ3v) is 4.37. The molecule has 29 heavy (non-hydrogen) atoms. The predicted molar refractivity (Wildman–Crippen MR) is 101 cm³/mol. The summed E-state index contributed by atoms with van der Waals surface area (Å²) in [5.41, 5.74) is 6.30. The second-order valence-corrected chi connectivity index (χ2v) is 6.64. The molecule has 0 amide bonds. The van der Waals surface area contributed by atoms with Gasteiger partial charge in [-0.2, -0.15) is 0 Å². The Morgan fingerprint density at radius 1 is 1.07 bits per heavy atom. The van der Waals surface area contributed by atoms with Gasteiger partial charge in [0.15, 0.2) is 10.8 Å². The number of nitrogen functional groups attached to an aromatic ring is 1. The third kappa shape index (κ3) is 5.02. The summed E-state index contributed by atoms with van der Waals surface area (Å²) in [5, 5.41) is 19.1. The molecule has 4 rings (SSSR count). The van der Waals surface area contributed by atoms with Gasteiger partial charge in [0.05, 0.1) is 15.7 Å². The Hall–Kier alpha value is -3.60. The van der Waals surface area contributed by atoms with Gasteiger partial charge in [-0.25, -0.2) is 14.8 Å². The molecule has 0 spiro atoms. The van der Waals surface area contributed by atoms with E-state index in [-0.39, 0.29) is 17.2 Å². The first-order chi connectivity index (χ1) is 13.6. The first-order valence-corrected chi connectivity index (χ1v) is 8.68. The van der Waals surface area contributed by atoms with E-state index in [4.69, 9.17) is 10.8 Å². The number of ether oxygens (including phenoxy) is 1. The van der Waals surface area contributed by atoms with Crippen molar-refractivity contribution in [3.8, 4) is 11.5 Å². The van der Waals surface area contributed by atoms with E-state index < -0.39 is 12.3 Å². The number of pyridine rings is 1. The number of benzene rings is 2. The van der Waals surface area contributed by atoms with Gasteiger partial charge in [-0.05, 0) is 24.3 Å². The zero-order valence-corrected chi connectivity index (χ0v) is 15.2. The molecular formula is C18H12F3N3O4S. The number of hydrogen-bond acceptors (Lipinski definition) is 7. The highest BCUT2D eigenvalue weighted by molar-refractivity contribution is 7.22. The zero-order chi connectivity index (χ0) is 21.2. The average Bonchev–Trinajstić information content (AvgIpc) is 3.00. The molecule has 0 saturated carbocycles. The molecule has 2 aromatic heterocycles. The van der Waals surface area contributed by atoms with Crippen molar-refractivity contribution in [2.45, 2.75) is 6.36 Å². The molecule has 0 fully saturated rings. The van der Waals surface area contributed by atoms with Crippen molar-refractivity contribution in [1.82, 2.24) is 9.97 Å². The fourth-order valence-corrected chi connectivity index (χ4v) is 3.15. The van der Waals surface area contributed by atoms with Crippen molar-refractivity contribution < 1.29 is 32.9 Å². The smallest absolute Gasteiger partial charge is 0.507 e. The Bertz CT molecular complexity index is 1190. The van der Waals surface area contributed by atoms with Crippen LogP contribution in [0.15, 0.2) is 48.5 Å². The van der Waals surface area contributed by atoms with Gasteiger partial charge >= 0.3 is 12.3 Å². The summed E-state index contributed by atoms with van der Waals surface area (Å²) in [6.07, 6.45) is -4.68. The molecule has 0 unspecified atom stereocenters. The van der Waals surface area contributed by atoms with Gasteiger partial charge in [0.2, 0.25) is 0 Å². The molecule has 0 aliphatic rings. The quantitative estimate of drug-likeness (QED) is 0.437. The van der Waals surface area contributed by atoms with E-state index in [2.05, 4.69) is 14.7 Å². The number of anilines is 1. The normalized spacial score (nSPS) is 11.1. The van der Waals surface area contributed by atoms with Gasteiger partial charge in [0.1, 0.15) is 11.5 Å². The van der Waals surface area contributed by atoms with Gasteiger partial charge in [-0.15, -0.1) is 13.2 Å². The monoisotopic (exact) mass is 423 g/mol. The Labute approximate surface area is 164 Å². The van der Waals surface area contributed by atoms with Crippen LogP contribution in [0.3, 0.4) is 0 Å². The van der Waals surface area contributed by atoms with Crippen LogP contribution in [-0.4, -0.2) is 32.5 Å². The Kier molecular flexibility index (Phi) is 5.41. The van der Waals surface area contributed by atoms with Gasteiger partial charge < -0.3 is 20.7 Å². The maximum Gasteiger partial charge on any atom is 0.573 e. The maximum absolute atomic E-state index is 11.9. The second kappa shape index (κ2) is 7.80. The van der Waals surface area contributed by atoms with Crippen molar-refractivity contribution in [1.29, 1.82) is 0 Å². The van der Waals surface area contributed by atoms with Crippen LogP contribution < -0.4 is 10.5 Å². The van der Waals surface area contributed by atoms with E-state index in [9.17, 15) is 23.1 Å². The predicted octanol–water partition coefficient (Wildman–Crippen LogP) is 4.42. The van der Waals surface area contributed by atoms with Crippen LogP contribution in [0.1, 0.15) is 10.5 Å². The molecular weight excluding hydrogens is 411 g/mol. The molecule has 0 bridgehead atoms. The van der Waals surface area contributed by atoms with Crippen LogP contribution in [0.5, 0.6) is 11.5 Å². The van der Waals surface area contributed by atoms with Gasteiger partial charge in [0.25, 0.3) is 0 Å². The lowest BCUT2D eigenvalue weighted by Gasteiger charge is -2.07. The lowest BCUT2D eigenvalue weighted by Crippen LogP contribution is -2.16. The molecule has 0 saturated heterocycles. The van der Waals surface area contributed by atoms with Crippen LogP contribution in [-0.2, 0) is 0 Å². The number of carboxylic acids is 1. The van der Waals surface area contributed by atoms with Gasteiger partial charge in [-0.1, -0.05) is 23.5 Å². The van der Waals surface area contributed by atoms with E-state index in [1.54, 1.807) is 24.3 Å². The highest BCUT2D eigenvalue weighted by Crippen LogP contribution is 2.30. The number of alkyl halides is 3. The standard InChI is InChI=1S/C10H7NO3.C8H5F3N2OS/c12-9-5-8(10(13)14)11-7-4-2-1-3-6(7)9;9-8(10,11)14-4-1-2-5-6(3-4)15-7(12)13-5/h1-5H,(H,11,12)(H,13,14);1-3H,(H2,12,13). The molecule has 0 radical (unpaired) electrons. The highest BCUT2D eigenvalue weighted by Gasteiger charge is 2.31. The van der Waals surface area contributed by atoms with Crippen molar-refractivity contribution in [2.24, 2.45) is 0 Å². The van der Waals surface area contributed by atoms with E-state index in [1.807, 2.05) is 0 Å². The first-order valence-electron chi connectivity index (χ1n) is 7.86. The number of fused-ring (bicyclic) bond motifs is 2. The number of aromatic nitrogens is 2. The van der Waals surface area contributed by atoms with Crippen molar-refractivity contribution in [3.05, 3.63) is 54.2 Å². The fraction of sp³-hybridized carbons (Fsp3) is 0.0556. The van der Waals surface area contributed by atoms with Crippen LogP contribution in [0.4, 0.5) is 18.3 Å². The lowest BCUT2D eigenvalue weighted by atomic mass is 10.2. The Balaban J connectivity index is 0.000000166. The minimum absolute atomic E-state index is 0.0620. The summed E-state index contributed by atoms with van der Waals surface area (Å²) in [7, 11) is 0. The van der Waals surface area contributed by atoms with E-state index in [0.717, 1.165) is 17.4 Å². The van der Waals surface area contributed by atoms with Gasteiger partial charge in [-0.3, -0.25) is 0 Å². The number of aromatic carboxylic acids is 1. The lowest BCUT2D eigenvalue weighted by molar-refractivity contribution is -0.274. The summed E-state index contributed by atoms with van der Waals surface area (Å²) < 4.78 is 40.0. The largest absolute Gasteiger partial charge is 0.573 e. The highest BCUT2D eigenvalue weighted by atomic mass is 32.1. The van der Waals surface area contributed by atoms with Crippen molar-refractivity contribution in [3.63, 3.8) is 0 Å². The number of carboxylic acid groups (broad SMARTS) is 1. The molecule has 2 aromatic carbocycles. The molecule has 7 nitrogen and oxygen atoms in total. The van der Waals surface area contributed by atoms with Crippen LogP contribution in [0.25, 0.3) is 21.1 Å². The number of hydrogen-bond donors (Lipinski definition) is 3. The van der Waals surface area contributed by atoms with Crippen LogP contribution >= 0.6 is 11.3 Å². The van der Waals surface area contributed by atoms with Gasteiger partial charge in [0, 0.05) is 17.5 Å². The first kappa shape index (κ1) is 20.1. The Morgan fingerprint density at radius 2 is 1.79 bits per heavy atom. The SMILES string of the molecule is Nc1nc2ccc(OC(F)(F)F)cc2s1.O=C(O)c1cc(O)c2ccccc2n1. The van der Waals surface area contributed by atoms with Crippen LogP contribution in [0.2, 0.25) is 0 Å². The fourth-order valence-electron chi connectivity index (χ4n) is 2.39. The maximum atomic E-state index is 11.9. The number of halogens is 3. The average molecular weight is 423 g/mol. The number of nitrogens with two attached hydrogens (primary N) is 1. The molecule has 4 N–H and O–H groups in total. The molecule has 11 heteroatoms. The topological polar surface area (TPSA) is 119 Å². The molecule has 0 aliphatic carbocycles. The van der Waals surface area contributed by atoms with E-state index >= 15 is 0 Å². The summed E-state index contributed by atoms with van der Waals surface area (Å²) in [4.78, 5) is 18.4. The number of thiazole rings is 1. The number of rotatable bonds is 2. The summed E-state index contributed by atoms with van der Waals surface area (Å²) in [6.45, 7) is 0. The number of aromatic hydroxyl groups is 1. The second-order valence-electron chi connectivity index (χ2n) is 5.58. The van der Waals surface area contributed by atoms with E-state index in [1.165, 1.54) is 18.2 Å². The minimum atomic E-state index is -4.68. The summed E-state index contributed by atoms with van der Waals surface area (Å²) in [5.74, 6) is -1.47. The zero-order valence-electron chi connectivity index (χ0n) is 14.3. The van der Waals surface area contributed by atoms with Crippen LogP contribution in [0, 0.1) is 0 Å². The molecule has 0 aliphatic heterocycles. The molecule has 2 heterocycles. The number of para-hydroxylation sites is 1. The van der Waals surface area contributed by atoms with Crippen molar-refractivity contribution >= 4 is 43.6 Å². The minimum Gasteiger partial charge on any atom is -0.507 e.